The van der Waals surface area contributed by atoms with Crippen LogP contribution >= 0.6 is 0 Å². The van der Waals surface area contributed by atoms with Gasteiger partial charge in [0, 0.05) is 24.7 Å². The third kappa shape index (κ3) is 4.87. The Morgan fingerprint density at radius 1 is 1.33 bits per heavy atom. The molecular formula is C19H30N3O4S+. The number of carbonyl (C=O) groups excluding carboxylic acids is 1. The second-order valence-corrected chi connectivity index (χ2v) is 9.55. The zero-order valence-electron chi connectivity index (χ0n) is 16.1. The van der Waals surface area contributed by atoms with Gasteiger partial charge >= 0.3 is 0 Å². The maximum Gasteiger partial charge on any atom is 0.282 e. The quantitative estimate of drug-likeness (QED) is 0.753. The van der Waals surface area contributed by atoms with E-state index in [2.05, 4.69) is 12.2 Å². The highest BCUT2D eigenvalue weighted by Crippen LogP contribution is 2.20. The first kappa shape index (κ1) is 20.3. The first-order valence-electron chi connectivity index (χ1n) is 9.71. The molecule has 3 rings (SSSR count). The second kappa shape index (κ2) is 8.68. The van der Waals surface area contributed by atoms with Crippen LogP contribution in [0.5, 0.6) is 0 Å². The Kier molecular flexibility index (Phi) is 6.52. The summed E-state index contributed by atoms with van der Waals surface area (Å²) >= 11 is 0. The van der Waals surface area contributed by atoms with E-state index in [-0.39, 0.29) is 16.8 Å². The van der Waals surface area contributed by atoms with Gasteiger partial charge in [-0.05, 0) is 38.0 Å². The van der Waals surface area contributed by atoms with Crippen LogP contribution in [-0.2, 0) is 19.6 Å². The Labute approximate surface area is 161 Å². The third-order valence-electron chi connectivity index (χ3n) is 5.52. The van der Waals surface area contributed by atoms with Gasteiger partial charge < -0.3 is 15.0 Å². The van der Waals surface area contributed by atoms with E-state index in [1.54, 1.807) is 24.3 Å². The Morgan fingerprint density at radius 2 is 2.07 bits per heavy atom. The Balaban J connectivity index is 1.69. The summed E-state index contributed by atoms with van der Waals surface area (Å²) in [4.78, 5) is 14.2. The van der Waals surface area contributed by atoms with E-state index in [1.165, 1.54) is 15.6 Å². The molecule has 150 valence electrons. The minimum Gasteiger partial charge on any atom is -0.379 e. The molecule has 2 aliphatic rings. The number of ether oxygens (including phenoxy) is 1. The maximum atomic E-state index is 12.8. The standard InChI is InChI=1S/C19H29N3O4S/c1-15-5-4-8-21(14-15)16(2)19(23)20-17-6-3-7-18(13-17)27(24,25)22-9-11-26-12-10-22/h3,6-7,13,15-16H,4-5,8-12,14H2,1-2H3,(H,20,23)/p+1/t15-,16-/m0/s1. The number of hydrogen-bond donors (Lipinski definition) is 2. The monoisotopic (exact) mass is 396 g/mol. The van der Waals surface area contributed by atoms with Gasteiger partial charge in [0.2, 0.25) is 10.0 Å². The number of anilines is 1. The summed E-state index contributed by atoms with van der Waals surface area (Å²) in [6.45, 7) is 7.69. The normalized spacial score (nSPS) is 25.7. The largest absolute Gasteiger partial charge is 0.379 e. The summed E-state index contributed by atoms with van der Waals surface area (Å²) in [5, 5.41) is 2.90. The number of piperidine rings is 1. The molecule has 2 fully saturated rings. The molecule has 7 nitrogen and oxygen atoms in total. The van der Waals surface area contributed by atoms with Crippen molar-refractivity contribution >= 4 is 21.6 Å². The number of sulfonamides is 1. The minimum absolute atomic E-state index is 0.0694. The molecule has 3 atom stereocenters. The van der Waals surface area contributed by atoms with Gasteiger partial charge in [0.15, 0.2) is 6.04 Å². The van der Waals surface area contributed by atoms with Crippen molar-refractivity contribution in [1.29, 1.82) is 0 Å². The zero-order chi connectivity index (χ0) is 19.4. The molecule has 1 unspecified atom stereocenters. The Bertz CT molecular complexity index is 762. The number of benzene rings is 1. The van der Waals surface area contributed by atoms with Gasteiger partial charge in [-0.2, -0.15) is 4.31 Å². The van der Waals surface area contributed by atoms with Crippen molar-refractivity contribution in [2.45, 2.75) is 37.6 Å². The van der Waals surface area contributed by atoms with E-state index >= 15 is 0 Å². The summed E-state index contributed by atoms with van der Waals surface area (Å²) in [7, 11) is -3.57. The number of amides is 1. The number of likely N-dealkylation sites (tertiary alicyclic amines) is 1. The maximum absolute atomic E-state index is 12.8. The molecule has 0 bridgehead atoms. The number of morpholine rings is 1. The average Bonchev–Trinajstić information content (AvgIpc) is 2.68. The van der Waals surface area contributed by atoms with E-state index < -0.39 is 10.0 Å². The minimum atomic E-state index is -3.57. The molecule has 0 aromatic heterocycles. The number of carbonyl (C=O) groups is 1. The smallest absolute Gasteiger partial charge is 0.282 e. The molecule has 0 radical (unpaired) electrons. The highest BCUT2D eigenvalue weighted by atomic mass is 32.2. The fourth-order valence-electron chi connectivity index (χ4n) is 3.83. The molecule has 27 heavy (non-hydrogen) atoms. The van der Waals surface area contributed by atoms with Crippen molar-refractivity contribution < 1.29 is 22.8 Å². The SMILES string of the molecule is C[C@H]1CCC[NH+]([C@@H](C)C(=O)Nc2cccc(S(=O)(=O)N3CCOCC3)c2)C1. The second-order valence-electron chi connectivity index (χ2n) is 7.62. The van der Waals surface area contributed by atoms with Gasteiger partial charge in [0.05, 0.1) is 31.2 Å². The topological polar surface area (TPSA) is 80.2 Å². The summed E-state index contributed by atoms with van der Waals surface area (Å²) in [6, 6.07) is 6.36. The highest BCUT2D eigenvalue weighted by Gasteiger charge is 2.30. The van der Waals surface area contributed by atoms with Gasteiger partial charge in [0.25, 0.3) is 5.91 Å². The third-order valence-corrected chi connectivity index (χ3v) is 7.42. The van der Waals surface area contributed by atoms with Crippen LogP contribution in [-0.4, -0.2) is 64.1 Å². The fourth-order valence-corrected chi connectivity index (χ4v) is 5.28. The fraction of sp³-hybridized carbons (Fsp3) is 0.632. The molecule has 0 saturated carbocycles. The van der Waals surface area contributed by atoms with E-state index in [9.17, 15) is 13.2 Å². The van der Waals surface area contributed by atoms with Crippen molar-refractivity contribution in [1.82, 2.24) is 4.31 Å². The van der Waals surface area contributed by atoms with Gasteiger partial charge in [-0.1, -0.05) is 13.0 Å². The van der Waals surface area contributed by atoms with Crippen LogP contribution < -0.4 is 10.2 Å². The summed E-state index contributed by atoms with van der Waals surface area (Å²) in [5.74, 6) is 0.561. The van der Waals surface area contributed by atoms with Crippen LogP contribution in [0.3, 0.4) is 0 Å². The molecule has 0 spiro atoms. The van der Waals surface area contributed by atoms with E-state index in [1.807, 2.05) is 6.92 Å². The molecular weight excluding hydrogens is 366 g/mol. The molecule has 2 aliphatic heterocycles. The lowest BCUT2D eigenvalue weighted by Gasteiger charge is -2.31. The van der Waals surface area contributed by atoms with Crippen LogP contribution in [0.15, 0.2) is 29.2 Å². The predicted octanol–water partition coefficient (Wildman–Crippen LogP) is 0.349. The number of nitrogens with one attached hydrogen (secondary N) is 2. The lowest BCUT2D eigenvalue weighted by molar-refractivity contribution is -0.922. The molecule has 2 heterocycles. The van der Waals surface area contributed by atoms with Gasteiger partial charge in [-0.3, -0.25) is 4.79 Å². The zero-order valence-corrected chi connectivity index (χ0v) is 16.9. The van der Waals surface area contributed by atoms with Crippen molar-refractivity contribution in [3.63, 3.8) is 0 Å². The molecule has 1 aromatic carbocycles. The van der Waals surface area contributed by atoms with E-state index in [0.29, 0.717) is 37.9 Å². The predicted molar refractivity (Wildman–Crippen MR) is 103 cm³/mol. The van der Waals surface area contributed by atoms with E-state index in [4.69, 9.17) is 4.74 Å². The van der Waals surface area contributed by atoms with Gasteiger partial charge in [-0.25, -0.2) is 8.42 Å². The van der Waals surface area contributed by atoms with Crippen LogP contribution in [0.25, 0.3) is 0 Å². The van der Waals surface area contributed by atoms with Crippen molar-refractivity contribution in [3.8, 4) is 0 Å². The lowest BCUT2D eigenvalue weighted by Crippen LogP contribution is -3.17. The molecule has 2 N–H and O–H groups in total. The molecule has 1 amide bonds. The average molecular weight is 397 g/mol. The van der Waals surface area contributed by atoms with Crippen molar-refractivity contribution in [3.05, 3.63) is 24.3 Å². The van der Waals surface area contributed by atoms with Gasteiger partial charge in [0.1, 0.15) is 0 Å². The lowest BCUT2D eigenvalue weighted by atomic mass is 9.99. The van der Waals surface area contributed by atoms with Crippen LogP contribution in [0.1, 0.15) is 26.7 Å². The van der Waals surface area contributed by atoms with Crippen LogP contribution in [0.2, 0.25) is 0 Å². The van der Waals surface area contributed by atoms with Crippen molar-refractivity contribution in [2.75, 3.05) is 44.7 Å². The first-order valence-corrected chi connectivity index (χ1v) is 11.2. The number of nitrogens with zero attached hydrogens (tertiary/aromatic N) is 1. The molecule has 0 aliphatic carbocycles. The Morgan fingerprint density at radius 3 is 2.78 bits per heavy atom. The number of quaternary nitrogens is 1. The molecule has 2 saturated heterocycles. The number of hydrogen-bond acceptors (Lipinski definition) is 4. The number of rotatable bonds is 5. The summed E-state index contributed by atoms with van der Waals surface area (Å²) < 4.78 is 32.3. The van der Waals surface area contributed by atoms with Crippen LogP contribution in [0.4, 0.5) is 5.69 Å². The Hall–Kier alpha value is -1.48. The van der Waals surface area contributed by atoms with Crippen molar-refractivity contribution in [2.24, 2.45) is 5.92 Å². The first-order chi connectivity index (χ1) is 12.9. The summed E-state index contributed by atoms with van der Waals surface area (Å²) in [5.41, 5.74) is 0.519. The highest BCUT2D eigenvalue weighted by molar-refractivity contribution is 7.89. The van der Waals surface area contributed by atoms with Crippen LogP contribution in [0, 0.1) is 5.92 Å². The van der Waals surface area contributed by atoms with E-state index in [0.717, 1.165) is 19.5 Å². The molecule has 8 heteroatoms. The van der Waals surface area contributed by atoms with Gasteiger partial charge in [-0.15, -0.1) is 0 Å². The molecule has 1 aromatic rings. The summed E-state index contributed by atoms with van der Waals surface area (Å²) in [6.07, 6.45) is 2.36.